The van der Waals surface area contributed by atoms with Gasteiger partial charge in [0.1, 0.15) is 5.82 Å². The molecule has 2 fully saturated rings. The molecule has 0 amide bonds. The van der Waals surface area contributed by atoms with Crippen molar-refractivity contribution in [2.45, 2.75) is 18.8 Å². The fourth-order valence-corrected chi connectivity index (χ4v) is 3.25. The Hall–Kier alpha value is -1.66. The first kappa shape index (κ1) is 13.0. The summed E-state index contributed by atoms with van der Waals surface area (Å²) >= 11 is 0. The van der Waals surface area contributed by atoms with Crippen molar-refractivity contribution < 1.29 is 4.74 Å². The van der Waals surface area contributed by atoms with E-state index >= 15 is 0 Å². The van der Waals surface area contributed by atoms with Gasteiger partial charge >= 0.3 is 0 Å². The zero-order valence-corrected chi connectivity index (χ0v) is 12.2. The van der Waals surface area contributed by atoms with E-state index in [0.29, 0.717) is 5.92 Å². The Labute approximate surface area is 124 Å². The van der Waals surface area contributed by atoms with Crippen LogP contribution in [0.1, 0.15) is 24.6 Å². The zero-order chi connectivity index (χ0) is 14.1. The Kier molecular flexibility index (Phi) is 3.48. The van der Waals surface area contributed by atoms with Crippen molar-refractivity contribution in [1.29, 1.82) is 0 Å². The third-order valence-electron chi connectivity index (χ3n) is 4.49. The number of nitrogens with zero attached hydrogens (tertiary/aromatic N) is 4. The van der Waals surface area contributed by atoms with Gasteiger partial charge in [0.25, 0.3) is 0 Å². The van der Waals surface area contributed by atoms with Gasteiger partial charge in [0.2, 0.25) is 0 Å². The monoisotopic (exact) mass is 287 g/mol. The summed E-state index contributed by atoms with van der Waals surface area (Å²) in [7, 11) is 0. The molecule has 4 heterocycles. The highest BCUT2D eigenvalue weighted by molar-refractivity contribution is 5.56. The molecule has 0 aliphatic carbocycles. The number of hydrogen-bond acceptors (Lipinski definition) is 5. The van der Waals surface area contributed by atoms with Crippen LogP contribution in [0.5, 0.6) is 0 Å². The van der Waals surface area contributed by atoms with E-state index in [1.807, 2.05) is 0 Å². The molecule has 0 unspecified atom stereocenters. The van der Waals surface area contributed by atoms with Crippen LogP contribution in [0.15, 0.2) is 18.3 Å². The molecule has 0 spiro atoms. The van der Waals surface area contributed by atoms with Gasteiger partial charge in [-0.2, -0.15) is 0 Å². The Morgan fingerprint density at radius 1 is 1.14 bits per heavy atom. The number of hydrogen-bond donors (Lipinski definition) is 1. The predicted molar refractivity (Wildman–Crippen MR) is 80.9 cm³/mol. The number of piperazine rings is 1. The topological polar surface area (TPSA) is 54.7 Å². The van der Waals surface area contributed by atoms with E-state index in [0.717, 1.165) is 63.7 Å². The van der Waals surface area contributed by atoms with Gasteiger partial charge in [-0.05, 0) is 18.9 Å². The maximum atomic E-state index is 5.44. The van der Waals surface area contributed by atoms with Crippen LogP contribution < -0.4 is 10.2 Å². The van der Waals surface area contributed by atoms with Crippen molar-refractivity contribution in [1.82, 2.24) is 19.9 Å². The van der Waals surface area contributed by atoms with Crippen molar-refractivity contribution >= 4 is 11.3 Å². The molecule has 6 nitrogen and oxygen atoms in total. The van der Waals surface area contributed by atoms with Gasteiger partial charge in [-0.3, -0.25) is 4.40 Å². The molecule has 21 heavy (non-hydrogen) atoms. The third kappa shape index (κ3) is 2.49. The lowest BCUT2D eigenvalue weighted by Gasteiger charge is -2.29. The van der Waals surface area contributed by atoms with Crippen LogP contribution in [0.3, 0.4) is 0 Å². The van der Waals surface area contributed by atoms with Crippen LogP contribution in [0, 0.1) is 0 Å². The van der Waals surface area contributed by atoms with E-state index in [-0.39, 0.29) is 0 Å². The number of pyridine rings is 1. The largest absolute Gasteiger partial charge is 0.381 e. The average molecular weight is 287 g/mol. The minimum atomic E-state index is 0.471. The van der Waals surface area contributed by atoms with Gasteiger partial charge in [-0.25, -0.2) is 0 Å². The lowest BCUT2D eigenvalue weighted by atomic mass is 10.00. The molecular weight excluding hydrogens is 266 g/mol. The van der Waals surface area contributed by atoms with Gasteiger partial charge in [0.05, 0.1) is 0 Å². The molecular formula is C15H21N5O. The molecule has 2 aromatic heterocycles. The van der Waals surface area contributed by atoms with Gasteiger partial charge in [0.15, 0.2) is 5.65 Å². The molecule has 6 heteroatoms. The van der Waals surface area contributed by atoms with Gasteiger partial charge in [0, 0.05) is 63.3 Å². The summed E-state index contributed by atoms with van der Waals surface area (Å²) in [4.78, 5) is 2.40. The first-order valence-corrected chi connectivity index (χ1v) is 7.80. The fraction of sp³-hybridized carbons (Fsp3) is 0.600. The van der Waals surface area contributed by atoms with E-state index in [1.54, 1.807) is 0 Å². The van der Waals surface area contributed by atoms with Gasteiger partial charge in [-0.1, -0.05) is 0 Å². The van der Waals surface area contributed by atoms with E-state index in [4.69, 9.17) is 4.74 Å². The molecule has 2 aliphatic rings. The number of fused-ring (bicyclic) bond motifs is 1. The second-order valence-corrected chi connectivity index (χ2v) is 5.80. The van der Waals surface area contributed by atoms with Crippen LogP contribution in [0.4, 0.5) is 5.69 Å². The highest BCUT2D eigenvalue weighted by atomic mass is 16.5. The molecule has 0 atom stereocenters. The van der Waals surface area contributed by atoms with Gasteiger partial charge in [-0.15, -0.1) is 10.2 Å². The maximum Gasteiger partial charge on any atom is 0.162 e. The second kappa shape index (κ2) is 5.61. The summed E-state index contributed by atoms with van der Waals surface area (Å²) in [5.74, 6) is 1.55. The summed E-state index contributed by atoms with van der Waals surface area (Å²) in [5, 5.41) is 12.2. The van der Waals surface area contributed by atoms with Crippen molar-refractivity contribution in [3.05, 3.63) is 24.2 Å². The van der Waals surface area contributed by atoms with Gasteiger partial charge < -0.3 is 15.0 Å². The normalized spacial score (nSPS) is 21.0. The highest BCUT2D eigenvalue weighted by Gasteiger charge is 2.21. The molecule has 2 aliphatic heterocycles. The lowest BCUT2D eigenvalue weighted by Crippen LogP contribution is -2.43. The summed E-state index contributed by atoms with van der Waals surface area (Å²) in [6.45, 7) is 5.86. The minimum Gasteiger partial charge on any atom is -0.381 e. The SMILES string of the molecule is c1cn2c(C3CCOCC3)nnc2cc1N1CCNCC1. The number of ether oxygens (including phenoxy) is 1. The molecule has 0 saturated carbocycles. The lowest BCUT2D eigenvalue weighted by molar-refractivity contribution is 0.0834. The summed E-state index contributed by atoms with van der Waals surface area (Å²) in [6.07, 6.45) is 4.21. The van der Waals surface area contributed by atoms with E-state index in [9.17, 15) is 0 Å². The Bertz CT molecular complexity index is 614. The molecule has 0 radical (unpaired) electrons. The summed E-state index contributed by atoms with van der Waals surface area (Å²) in [6, 6.07) is 4.34. The number of aromatic nitrogens is 3. The van der Waals surface area contributed by atoms with Crippen LogP contribution in [0.25, 0.3) is 5.65 Å². The van der Waals surface area contributed by atoms with Crippen LogP contribution in [0.2, 0.25) is 0 Å². The molecule has 0 aromatic carbocycles. The molecule has 112 valence electrons. The number of nitrogens with one attached hydrogen (secondary N) is 1. The van der Waals surface area contributed by atoms with Crippen LogP contribution in [-0.4, -0.2) is 54.0 Å². The molecule has 0 bridgehead atoms. The summed E-state index contributed by atoms with van der Waals surface area (Å²) < 4.78 is 7.58. The van der Waals surface area contributed by atoms with Crippen LogP contribution in [-0.2, 0) is 4.74 Å². The molecule has 2 saturated heterocycles. The predicted octanol–water partition coefficient (Wildman–Crippen LogP) is 1.03. The fourth-order valence-electron chi connectivity index (χ4n) is 3.25. The Morgan fingerprint density at radius 3 is 2.76 bits per heavy atom. The minimum absolute atomic E-state index is 0.471. The maximum absolute atomic E-state index is 5.44. The summed E-state index contributed by atoms with van der Waals surface area (Å²) in [5.41, 5.74) is 2.20. The highest BCUT2D eigenvalue weighted by Crippen LogP contribution is 2.27. The average Bonchev–Trinajstić information content (AvgIpc) is 2.99. The third-order valence-corrected chi connectivity index (χ3v) is 4.49. The van der Waals surface area contributed by atoms with Crippen molar-refractivity contribution in [3.63, 3.8) is 0 Å². The number of rotatable bonds is 2. The van der Waals surface area contributed by atoms with E-state index < -0.39 is 0 Å². The van der Waals surface area contributed by atoms with Crippen LogP contribution >= 0.6 is 0 Å². The van der Waals surface area contributed by atoms with E-state index in [1.165, 1.54) is 5.69 Å². The second-order valence-electron chi connectivity index (χ2n) is 5.80. The quantitative estimate of drug-likeness (QED) is 0.894. The first-order valence-electron chi connectivity index (χ1n) is 7.80. The standard InChI is InChI=1S/C15H21N5O/c1-6-20-14(11-13(1)19-7-4-16-5-8-19)17-18-15(20)12-2-9-21-10-3-12/h1,6,11-12,16H,2-5,7-10H2. The smallest absolute Gasteiger partial charge is 0.162 e. The van der Waals surface area contributed by atoms with E-state index in [2.05, 4.69) is 43.1 Å². The molecule has 1 N–H and O–H groups in total. The zero-order valence-electron chi connectivity index (χ0n) is 12.2. The van der Waals surface area contributed by atoms with Crippen molar-refractivity contribution in [2.24, 2.45) is 0 Å². The molecule has 2 aromatic rings. The van der Waals surface area contributed by atoms with Crippen molar-refractivity contribution in [3.8, 4) is 0 Å². The Morgan fingerprint density at radius 2 is 1.95 bits per heavy atom. The first-order chi connectivity index (χ1) is 10.4. The van der Waals surface area contributed by atoms with Crippen molar-refractivity contribution in [2.75, 3.05) is 44.3 Å². The number of anilines is 1. The Balaban J connectivity index is 1.63. The molecule has 4 rings (SSSR count).